The number of likely N-dealkylation sites (tertiary alicyclic amines) is 1. The molecule has 1 aromatic heterocycles. The van der Waals surface area contributed by atoms with Gasteiger partial charge >= 0.3 is 0 Å². The van der Waals surface area contributed by atoms with Crippen LogP contribution in [0.25, 0.3) is 0 Å². The Morgan fingerprint density at radius 1 is 1.12 bits per heavy atom. The lowest BCUT2D eigenvalue weighted by atomic mass is 9.72. The second-order valence-corrected chi connectivity index (χ2v) is 5.36. The zero-order valence-electron chi connectivity index (χ0n) is 9.89. The third kappa shape index (κ3) is 1.69. The number of nitrogens with zero attached hydrogens (tertiary/aromatic N) is 3. The van der Waals surface area contributed by atoms with Crippen molar-refractivity contribution >= 4 is 5.69 Å². The predicted octanol–water partition coefficient (Wildman–Crippen LogP) is 1.61. The van der Waals surface area contributed by atoms with Crippen molar-refractivity contribution < 1.29 is 0 Å². The molecule has 0 bridgehead atoms. The van der Waals surface area contributed by atoms with Crippen LogP contribution in [0.3, 0.4) is 0 Å². The minimum atomic E-state index is 0.651. The lowest BCUT2D eigenvalue weighted by Gasteiger charge is -2.53. The summed E-state index contributed by atoms with van der Waals surface area (Å²) in [5, 5.41) is 0. The van der Waals surface area contributed by atoms with Crippen molar-refractivity contribution in [3.05, 3.63) is 24.5 Å². The van der Waals surface area contributed by atoms with Gasteiger partial charge in [0, 0.05) is 44.3 Å². The van der Waals surface area contributed by atoms with E-state index >= 15 is 0 Å². The van der Waals surface area contributed by atoms with E-state index in [-0.39, 0.29) is 0 Å². The number of anilines is 1. The van der Waals surface area contributed by atoms with Gasteiger partial charge in [0.2, 0.25) is 0 Å². The first-order valence-corrected chi connectivity index (χ1v) is 6.11. The maximum Gasteiger partial charge on any atom is 0.0397 e. The quantitative estimate of drug-likeness (QED) is 0.712. The highest BCUT2D eigenvalue weighted by molar-refractivity contribution is 5.45. The number of aromatic nitrogens is 1. The minimum absolute atomic E-state index is 0.651. The lowest BCUT2D eigenvalue weighted by Crippen LogP contribution is -2.58. The Labute approximate surface area is 97.1 Å². The summed E-state index contributed by atoms with van der Waals surface area (Å²) in [6, 6.07) is 4.23. The molecule has 0 aromatic carbocycles. The molecule has 0 radical (unpaired) electrons. The van der Waals surface area contributed by atoms with Crippen LogP contribution >= 0.6 is 0 Å². The van der Waals surface area contributed by atoms with Crippen molar-refractivity contribution in [3.63, 3.8) is 0 Å². The Bertz CT molecular complexity index is 347. The molecule has 2 aliphatic rings. The molecule has 3 nitrogen and oxygen atoms in total. The first-order chi connectivity index (χ1) is 7.77. The van der Waals surface area contributed by atoms with Crippen LogP contribution in [0.4, 0.5) is 5.69 Å². The number of rotatable bonds is 1. The largest absolute Gasteiger partial charge is 0.371 e. The molecule has 2 aliphatic heterocycles. The first-order valence-electron chi connectivity index (χ1n) is 6.11. The van der Waals surface area contributed by atoms with Crippen LogP contribution in [0.15, 0.2) is 24.5 Å². The first kappa shape index (κ1) is 10.1. The molecule has 3 heteroatoms. The molecular formula is C13H19N3. The van der Waals surface area contributed by atoms with Crippen molar-refractivity contribution in [3.8, 4) is 0 Å². The topological polar surface area (TPSA) is 19.4 Å². The summed E-state index contributed by atoms with van der Waals surface area (Å²) in [6.07, 6.45) is 6.47. The zero-order valence-corrected chi connectivity index (χ0v) is 9.89. The molecule has 16 heavy (non-hydrogen) atoms. The van der Waals surface area contributed by atoms with E-state index in [0.717, 1.165) is 0 Å². The maximum absolute atomic E-state index is 4.07. The van der Waals surface area contributed by atoms with Gasteiger partial charge < -0.3 is 9.80 Å². The number of hydrogen-bond donors (Lipinski definition) is 0. The summed E-state index contributed by atoms with van der Waals surface area (Å²) in [5.41, 5.74) is 1.98. The fourth-order valence-electron chi connectivity index (χ4n) is 3.21. The van der Waals surface area contributed by atoms with Crippen molar-refractivity contribution in [2.75, 3.05) is 38.1 Å². The fraction of sp³-hybridized carbons (Fsp3) is 0.615. The summed E-state index contributed by atoms with van der Waals surface area (Å²) < 4.78 is 0. The van der Waals surface area contributed by atoms with Gasteiger partial charge in [-0.2, -0.15) is 0 Å². The molecule has 2 fully saturated rings. The van der Waals surface area contributed by atoms with E-state index in [1.807, 2.05) is 12.4 Å². The van der Waals surface area contributed by atoms with Crippen molar-refractivity contribution in [2.45, 2.75) is 12.8 Å². The smallest absolute Gasteiger partial charge is 0.0397 e. The molecule has 1 spiro atoms. The number of hydrogen-bond acceptors (Lipinski definition) is 3. The second kappa shape index (κ2) is 3.74. The molecule has 0 saturated carbocycles. The van der Waals surface area contributed by atoms with Crippen LogP contribution in [0.1, 0.15) is 12.8 Å². The van der Waals surface area contributed by atoms with Gasteiger partial charge in [-0.05, 0) is 37.4 Å². The van der Waals surface area contributed by atoms with E-state index in [2.05, 4.69) is 34.0 Å². The maximum atomic E-state index is 4.07. The predicted molar refractivity (Wildman–Crippen MR) is 65.6 cm³/mol. The van der Waals surface area contributed by atoms with E-state index in [4.69, 9.17) is 0 Å². The van der Waals surface area contributed by atoms with Crippen molar-refractivity contribution in [1.29, 1.82) is 0 Å². The molecule has 0 N–H and O–H groups in total. The van der Waals surface area contributed by atoms with E-state index in [9.17, 15) is 0 Å². The average Bonchev–Trinajstić information content (AvgIpc) is 2.29. The van der Waals surface area contributed by atoms with Crippen LogP contribution in [-0.2, 0) is 0 Å². The minimum Gasteiger partial charge on any atom is -0.371 e. The standard InChI is InChI=1S/C13H19N3/c1-15-10-13(11-15)4-8-16(9-5-13)12-2-6-14-7-3-12/h2-3,6-7H,4-5,8-11H2,1H3. The summed E-state index contributed by atoms with van der Waals surface area (Å²) >= 11 is 0. The Kier molecular flexibility index (Phi) is 2.36. The van der Waals surface area contributed by atoms with Gasteiger partial charge in [-0.3, -0.25) is 4.98 Å². The molecule has 3 heterocycles. The lowest BCUT2D eigenvalue weighted by molar-refractivity contribution is 0.00132. The SMILES string of the molecule is CN1CC2(CCN(c3ccncc3)CC2)C1. The summed E-state index contributed by atoms with van der Waals surface area (Å²) in [5.74, 6) is 0. The van der Waals surface area contributed by atoms with Gasteiger partial charge in [-0.15, -0.1) is 0 Å². The van der Waals surface area contributed by atoms with Crippen molar-refractivity contribution in [2.24, 2.45) is 5.41 Å². The molecule has 0 unspecified atom stereocenters. The highest BCUT2D eigenvalue weighted by Gasteiger charge is 2.42. The Hall–Kier alpha value is -1.09. The van der Waals surface area contributed by atoms with Gasteiger partial charge in [0.15, 0.2) is 0 Å². The molecule has 3 rings (SSSR count). The van der Waals surface area contributed by atoms with E-state index < -0.39 is 0 Å². The van der Waals surface area contributed by atoms with Crippen LogP contribution in [0.2, 0.25) is 0 Å². The van der Waals surface area contributed by atoms with Crippen LogP contribution < -0.4 is 4.90 Å². The van der Waals surface area contributed by atoms with Gasteiger partial charge in [-0.25, -0.2) is 0 Å². The zero-order chi connectivity index (χ0) is 11.0. The monoisotopic (exact) mass is 217 g/mol. The Balaban J connectivity index is 1.63. The molecule has 2 saturated heterocycles. The van der Waals surface area contributed by atoms with Crippen LogP contribution in [-0.4, -0.2) is 43.1 Å². The molecule has 0 amide bonds. The number of pyridine rings is 1. The average molecular weight is 217 g/mol. The van der Waals surface area contributed by atoms with E-state index in [1.54, 1.807) is 0 Å². The third-order valence-corrected chi connectivity index (χ3v) is 4.06. The number of piperidine rings is 1. The second-order valence-electron chi connectivity index (χ2n) is 5.36. The normalized spacial score (nSPS) is 24.4. The summed E-state index contributed by atoms with van der Waals surface area (Å²) in [7, 11) is 2.22. The molecule has 0 atom stereocenters. The van der Waals surface area contributed by atoms with Gasteiger partial charge in [-0.1, -0.05) is 0 Å². The van der Waals surface area contributed by atoms with Crippen LogP contribution in [0.5, 0.6) is 0 Å². The molecule has 0 aliphatic carbocycles. The van der Waals surface area contributed by atoms with E-state index in [0.29, 0.717) is 5.41 Å². The summed E-state index contributed by atoms with van der Waals surface area (Å²) in [4.78, 5) is 9.00. The summed E-state index contributed by atoms with van der Waals surface area (Å²) in [6.45, 7) is 5.02. The highest BCUT2D eigenvalue weighted by atomic mass is 15.2. The Morgan fingerprint density at radius 3 is 2.31 bits per heavy atom. The highest BCUT2D eigenvalue weighted by Crippen LogP contribution is 2.40. The van der Waals surface area contributed by atoms with E-state index in [1.165, 1.54) is 44.7 Å². The third-order valence-electron chi connectivity index (χ3n) is 4.06. The van der Waals surface area contributed by atoms with Crippen LogP contribution in [0, 0.1) is 5.41 Å². The Morgan fingerprint density at radius 2 is 1.75 bits per heavy atom. The van der Waals surface area contributed by atoms with Crippen molar-refractivity contribution in [1.82, 2.24) is 9.88 Å². The molecule has 86 valence electrons. The molecular weight excluding hydrogens is 198 g/mol. The van der Waals surface area contributed by atoms with Gasteiger partial charge in [0.25, 0.3) is 0 Å². The van der Waals surface area contributed by atoms with Gasteiger partial charge in [0.1, 0.15) is 0 Å². The van der Waals surface area contributed by atoms with Gasteiger partial charge in [0.05, 0.1) is 0 Å². The fourth-order valence-corrected chi connectivity index (χ4v) is 3.21. The molecule has 1 aromatic rings.